The van der Waals surface area contributed by atoms with E-state index in [0.29, 0.717) is 23.5 Å². The van der Waals surface area contributed by atoms with Crippen molar-refractivity contribution in [3.8, 4) is 0 Å². The SMILES string of the molecule is CCn1cc(N)c(C(=O)Nc2cccc(C(=O)NC)c2)n1. The van der Waals surface area contributed by atoms with E-state index in [1.165, 1.54) is 0 Å². The normalized spacial score (nSPS) is 10.2. The highest BCUT2D eigenvalue weighted by Gasteiger charge is 2.15. The summed E-state index contributed by atoms with van der Waals surface area (Å²) >= 11 is 0. The lowest BCUT2D eigenvalue weighted by Gasteiger charge is -2.06. The quantitative estimate of drug-likeness (QED) is 0.783. The van der Waals surface area contributed by atoms with Crippen molar-refractivity contribution in [2.45, 2.75) is 13.5 Å². The number of nitrogen functional groups attached to an aromatic ring is 1. The Kier molecular flexibility index (Phi) is 4.22. The molecular formula is C14H17N5O2. The van der Waals surface area contributed by atoms with Gasteiger partial charge in [0, 0.05) is 31.0 Å². The van der Waals surface area contributed by atoms with Crippen molar-refractivity contribution >= 4 is 23.2 Å². The fourth-order valence-corrected chi connectivity index (χ4v) is 1.85. The van der Waals surface area contributed by atoms with Gasteiger partial charge in [-0.3, -0.25) is 14.3 Å². The Morgan fingerprint density at radius 2 is 2.10 bits per heavy atom. The van der Waals surface area contributed by atoms with E-state index in [-0.39, 0.29) is 11.6 Å². The zero-order valence-corrected chi connectivity index (χ0v) is 11.9. The van der Waals surface area contributed by atoms with Gasteiger partial charge in [-0.1, -0.05) is 6.07 Å². The van der Waals surface area contributed by atoms with Gasteiger partial charge in [0.1, 0.15) is 0 Å². The molecule has 2 amide bonds. The number of carbonyl (C=O) groups is 2. The first-order valence-corrected chi connectivity index (χ1v) is 6.51. The molecule has 21 heavy (non-hydrogen) atoms. The lowest BCUT2D eigenvalue weighted by molar-refractivity contribution is 0.0961. The third kappa shape index (κ3) is 3.19. The van der Waals surface area contributed by atoms with Crippen LogP contribution in [0.25, 0.3) is 0 Å². The lowest BCUT2D eigenvalue weighted by atomic mass is 10.2. The lowest BCUT2D eigenvalue weighted by Crippen LogP contribution is -2.19. The zero-order chi connectivity index (χ0) is 15.4. The van der Waals surface area contributed by atoms with E-state index in [4.69, 9.17) is 5.73 Å². The van der Waals surface area contributed by atoms with Crippen LogP contribution in [0.5, 0.6) is 0 Å². The van der Waals surface area contributed by atoms with Crippen LogP contribution in [0.2, 0.25) is 0 Å². The minimum absolute atomic E-state index is 0.169. The first-order valence-electron chi connectivity index (χ1n) is 6.51. The molecule has 7 nitrogen and oxygen atoms in total. The van der Waals surface area contributed by atoms with Crippen LogP contribution in [0.3, 0.4) is 0 Å². The minimum Gasteiger partial charge on any atom is -0.396 e. The second kappa shape index (κ2) is 6.08. The summed E-state index contributed by atoms with van der Waals surface area (Å²) < 4.78 is 1.59. The molecule has 0 aliphatic rings. The number of hydrogen-bond donors (Lipinski definition) is 3. The third-order valence-corrected chi connectivity index (χ3v) is 2.94. The number of amides is 2. The zero-order valence-electron chi connectivity index (χ0n) is 11.9. The number of hydrogen-bond acceptors (Lipinski definition) is 4. The minimum atomic E-state index is -0.409. The van der Waals surface area contributed by atoms with E-state index in [9.17, 15) is 9.59 Å². The fraction of sp³-hybridized carbons (Fsp3) is 0.214. The number of benzene rings is 1. The van der Waals surface area contributed by atoms with E-state index < -0.39 is 5.91 Å². The Balaban J connectivity index is 2.19. The molecule has 0 spiro atoms. The standard InChI is InChI=1S/C14H17N5O2/c1-3-19-8-11(15)12(18-19)14(21)17-10-6-4-5-9(7-10)13(20)16-2/h4-8H,3,15H2,1-2H3,(H,16,20)(H,17,21). The fourth-order valence-electron chi connectivity index (χ4n) is 1.85. The number of aromatic nitrogens is 2. The average molecular weight is 287 g/mol. The number of nitrogens with two attached hydrogens (primary N) is 1. The van der Waals surface area contributed by atoms with Crippen LogP contribution in [0, 0.1) is 0 Å². The molecule has 0 saturated heterocycles. The second-order valence-electron chi connectivity index (χ2n) is 4.40. The van der Waals surface area contributed by atoms with Gasteiger partial charge < -0.3 is 16.4 Å². The summed E-state index contributed by atoms with van der Waals surface area (Å²) in [4.78, 5) is 23.7. The molecule has 0 unspecified atom stereocenters. The predicted octanol–water partition coefficient (Wildman–Crippen LogP) is 1.10. The molecular weight excluding hydrogens is 270 g/mol. The second-order valence-corrected chi connectivity index (χ2v) is 4.40. The highest BCUT2D eigenvalue weighted by molar-refractivity contribution is 6.06. The van der Waals surface area contributed by atoms with Gasteiger partial charge in [0.15, 0.2) is 5.69 Å². The Bertz CT molecular complexity index is 678. The van der Waals surface area contributed by atoms with Gasteiger partial charge in [-0.2, -0.15) is 5.10 Å². The number of aryl methyl sites for hydroxylation is 1. The molecule has 1 aromatic heterocycles. The Hall–Kier alpha value is -2.83. The predicted molar refractivity (Wildman–Crippen MR) is 80.1 cm³/mol. The van der Waals surface area contributed by atoms with Crippen LogP contribution < -0.4 is 16.4 Å². The summed E-state index contributed by atoms with van der Waals surface area (Å²) in [6, 6.07) is 6.63. The Labute approximate surface area is 122 Å². The van der Waals surface area contributed by atoms with Crippen LogP contribution >= 0.6 is 0 Å². The summed E-state index contributed by atoms with van der Waals surface area (Å²) in [5.41, 5.74) is 7.21. The molecule has 0 bridgehead atoms. The van der Waals surface area contributed by atoms with Gasteiger partial charge in [-0.25, -0.2) is 0 Å². The molecule has 0 fully saturated rings. The van der Waals surface area contributed by atoms with E-state index in [1.54, 1.807) is 42.2 Å². The van der Waals surface area contributed by atoms with Gasteiger partial charge in [0.2, 0.25) is 0 Å². The molecule has 0 saturated carbocycles. The van der Waals surface area contributed by atoms with Crippen molar-refractivity contribution in [2.24, 2.45) is 0 Å². The van der Waals surface area contributed by atoms with Crippen LogP contribution in [0.4, 0.5) is 11.4 Å². The van der Waals surface area contributed by atoms with Crippen molar-refractivity contribution < 1.29 is 9.59 Å². The van der Waals surface area contributed by atoms with E-state index >= 15 is 0 Å². The summed E-state index contributed by atoms with van der Waals surface area (Å²) in [6.07, 6.45) is 1.61. The Morgan fingerprint density at radius 3 is 2.71 bits per heavy atom. The molecule has 2 rings (SSSR count). The largest absolute Gasteiger partial charge is 0.396 e. The van der Waals surface area contributed by atoms with Gasteiger partial charge in [-0.15, -0.1) is 0 Å². The maximum atomic E-state index is 12.1. The van der Waals surface area contributed by atoms with Crippen molar-refractivity contribution in [1.82, 2.24) is 15.1 Å². The molecule has 7 heteroatoms. The van der Waals surface area contributed by atoms with Gasteiger partial charge >= 0.3 is 0 Å². The number of rotatable bonds is 4. The third-order valence-electron chi connectivity index (χ3n) is 2.94. The molecule has 0 aliphatic carbocycles. The monoisotopic (exact) mass is 287 g/mol. The first kappa shape index (κ1) is 14.6. The summed E-state index contributed by atoms with van der Waals surface area (Å²) in [5.74, 6) is -0.630. The highest BCUT2D eigenvalue weighted by atomic mass is 16.2. The molecule has 2 aromatic rings. The maximum absolute atomic E-state index is 12.1. The first-order chi connectivity index (χ1) is 10.0. The summed E-state index contributed by atoms with van der Waals surface area (Å²) in [7, 11) is 1.55. The van der Waals surface area contributed by atoms with Gasteiger partial charge in [0.05, 0.1) is 5.69 Å². The maximum Gasteiger partial charge on any atom is 0.278 e. The van der Waals surface area contributed by atoms with Crippen molar-refractivity contribution in [3.05, 3.63) is 41.7 Å². The van der Waals surface area contributed by atoms with Crippen molar-refractivity contribution in [3.63, 3.8) is 0 Å². The number of nitrogens with zero attached hydrogens (tertiary/aromatic N) is 2. The molecule has 0 atom stereocenters. The van der Waals surface area contributed by atoms with Crippen LogP contribution in [0.1, 0.15) is 27.8 Å². The van der Waals surface area contributed by atoms with Crippen LogP contribution in [-0.4, -0.2) is 28.6 Å². The summed E-state index contributed by atoms with van der Waals surface area (Å²) in [5, 5.41) is 9.31. The average Bonchev–Trinajstić information content (AvgIpc) is 2.88. The number of nitrogens with one attached hydrogen (secondary N) is 2. The topological polar surface area (TPSA) is 102 Å². The summed E-state index contributed by atoms with van der Waals surface area (Å²) in [6.45, 7) is 2.53. The number of anilines is 2. The Morgan fingerprint density at radius 1 is 1.33 bits per heavy atom. The molecule has 1 heterocycles. The van der Waals surface area contributed by atoms with Crippen molar-refractivity contribution in [1.29, 1.82) is 0 Å². The van der Waals surface area contributed by atoms with Crippen LogP contribution in [-0.2, 0) is 6.54 Å². The van der Waals surface area contributed by atoms with E-state index in [1.807, 2.05) is 6.92 Å². The van der Waals surface area contributed by atoms with E-state index in [2.05, 4.69) is 15.7 Å². The molecule has 0 aliphatic heterocycles. The highest BCUT2D eigenvalue weighted by Crippen LogP contribution is 2.15. The van der Waals surface area contributed by atoms with Crippen LogP contribution in [0.15, 0.2) is 30.5 Å². The molecule has 110 valence electrons. The van der Waals surface area contributed by atoms with Crippen molar-refractivity contribution in [2.75, 3.05) is 18.1 Å². The van der Waals surface area contributed by atoms with Gasteiger partial charge in [0.25, 0.3) is 11.8 Å². The molecule has 0 radical (unpaired) electrons. The smallest absolute Gasteiger partial charge is 0.278 e. The molecule has 1 aromatic carbocycles. The number of carbonyl (C=O) groups excluding carboxylic acids is 2. The van der Waals surface area contributed by atoms with Gasteiger partial charge in [-0.05, 0) is 25.1 Å². The molecule has 4 N–H and O–H groups in total. The van der Waals surface area contributed by atoms with E-state index in [0.717, 1.165) is 0 Å².